The fraction of sp³-hybridized carbons (Fsp3) is 0.231. The van der Waals surface area contributed by atoms with Crippen LogP contribution in [0.4, 0.5) is 5.69 Å². The maximum atomic E-state index is 12.3. The Morgan fingerprint density at radius 3 is 3.05 bits per heavy atom. The molecule has 1 atom stereocenters. The molecule has 3 aromatic heterocycles. The van der Waals surface area contributed by atoms with Gasteiger partial charge in [-0.3, -0.25) is 4.79 Å². The number of nitrogen functional groups attached to an aromatic ring is 1. The van der Waals surface area contributed by atoms with Gasteiger partial charge in [-0.25, -0.2) is 4.98 Å². The van der Waals surface area contributed by atoms with Crippen LogP contribution >= 0.6 is 22.7 Å². The summed E-state index contributed by atoms with van der Waals surface area (Å²) in [6.07, 6.45) is 3.33. The van der Waals surface area contributed by atoms with Crippen molar-refractivity contribution in [2.75, 3.05) is 12.3 Å². The molecule has 0 aliphatic carbocycles. The summed E-state index contributed by atoms with van der Waals surface area (Å²) >= 11 is 2.84. The molecule has 0 radical (unpaired) electrons. The SMILES string of the molecule is CC(CNC(=O)c1sc2nnccc2c1N)c1nccs1. The Balaban J connectivity index is 1.74. The van der Waals surface area contributed by atoms with Crippen molar-refractivity contribution in [3.63, 3.8) is 0 Å². The van der Waals surface area contributed by atoms with Gasteiger partial charge in [0.1, 0.15) is 9.71 Å². The molecule has 108 valence electrons. The predicted molar refractivity (Wildman–Crippen MR) is 84.7 cm³/mol. The van der Waals surface area contributed by atoms with E-state index in [9.17, 15) is 4.79 Å². The van der Waals surface area contributed by atoms with E-state index in [1.165, 1.54) is 11.3 Å². The first kappa shape index (κ1) is 13.9. The Morgan fingerprint density at radius 2 is 2.33 bits per heavy atom. The van der Waals surface area contributed by atoms with Gasteiger partial charge in [-0.05, 0) is 6.07 Å². The molecule has 0 aliphatic rings. The maximum absolute atomic E-state index is 12.3. The average Bonchev–Trinajstić information content (AvgIpc) is 3.13. The number of carbonyl (C=O) groups is 1. The van der Waals surface area contributed by atoms with Gasteiger partial charge in [0.2, 0.25) is 0 Å². The second kappa shape index (κ2) is 5.74. The summed E-state index contributed by atoms with van der Waals surface area (Å²) < 4.78 is 0. The summed E-state index contributed by atoms with van der Waals surface area (Å²) in [6.45, 7) is 2.55. The van der Waals surface area contributed by atoms with Gasteiger partial charge >= 0.3 is 0 Å². The highest BCUT2D eigenvalue weighted by Crippen LogP contribution is 2.31. The highest BCUT2D eigenvalue weighted by Gasteiger charge is 2.18. The maximum Gasteiger partial charge on any atom is 0.263 e. The molecule has 0 bridgehead atoms. The van der Waals surface area contributed by atoms with Gasteiger partial charge in [-0.2, -0.15) is 5.10 Å². The lowest BCUT2D eigenvalue weighted by Crippen LogP contribution is -2.27. The van der Waals surface area contributed by atoms with Crippen LogP contribution < -0.4 is 11.1 Å². The van der Waals surface area contributed by atoms with E-state index in [1.54, 1.807) is 29.8 Å². The number of rotatable bonds is 4. The number of hydrogen-bond acceptors (Lipinski definition) is 7. The third kappa shape index (κ3) is 2.72. The topological polar surface area (TPSA) is 93.8 Å². The lowest BCUT2D eigenvalue weighted by atomic mass is 10.2. The number of nitrogens with zero attached hydrogens (tertiary/aromatic N) is 3. The van der Waals surface area contributed by atoms with Gasteiger partial charge in [0.05, 0.1) is 16.9 Å². The Morgan fingerprint density at radius 1 is 1.48 bits per heavy atom. The number of thiazole rings is 1. The number of thiophene rings is 1. The van der Waals surface area contributed by atoms with Gasteiger partial charge in [0.15, 0.2) is 0 Å². The predicted octanol–water partition coefficient (Wildman–Crippen LogP) is 2.26. The zero-order chi connectivity index (χ0) is 14.8. The van der Waals surface area contributed by atoms with Crippen molar-refractivity contribution in [1.29, 1.82) is 0 Å². The van der Waals surface area contributed by atoms with Crippen molar-refractivity contribution in [3.8, 4) is 0 Å². The molecule has 3 N–H and O–H groups in total. The first-order valence-electron chi connectivity index (χ1n) is 6.34. The largest absolute Gasteiger partial charge is 0.397 e. The monoisotopic (exact) mass is 319 g/mol. The average molecular weight is 319 g/mol. The van der Waals surface area contributed by atoms with E-state index in [4.69, 9.17) is 5.73 Å². The van der Waals surface area contributed by atoms with Crippen molar-refractivity contribution >= 4 is 44.5 Å². The van der Waals surface area contributed by atoms with Crippen molar-refractivity contribution < 1.29 is 4.79 Å². The molecule has 0 fully saturated rings. The van der Waals surface area contributed by atoms with Crippen molar-refractivity contribution in [3.05, 3.63) is 33.7 Å². The zero-order valence-electron chi connectivity index (χ0n) is 11.2. The van der Waals surface area contributed by atoms with Crippen LogP contribution in [-0.2, 0) is 0 Å². The van der Waals surface area contributed by atoms with Gasteiger partial charge in [-0.1, -0.05) is 6.92 Å². The minimum absolute atomic E-state index is 0.171. The molecule has 0 spiro atoms. The molecule has 0 saturated carbocycles. The Bertz CT molecular complexity index is 768. The lowest BCUT2D eigenvalue weighted by Gasteiger charge is -2.09. The van der Waals surface area contributed by atoms with E-state index in [-0.39, 0.29) is 11.8 Å². The summed E-state index contributed by atoms with van der Waals surface area (Å²) in [5.41, 5.74) is 6.47. The van der Waals surface area contributed by atoms with E-state index in [1.807, 2.05) is 12.3 Å². The van der Waals surface area contributed by atoms with Crippen LogP contribution in [0, 0.1) is 0 Å². The van der Waals surface area contributed by atoms with Crippen molar-refractivity contribution in [2.45, 2.75) is 12.8 Å². The van der Waals surface area contributed by atoms with E-state index in [2.05, 4.69) is 20.5 Å². The number of nitrogens with two attached hydrogens (primary N) is 1. The molecular formula is C13H13N5OS2. The molecular weight excluding hydrogens is 306 g/mol. The number of carbonyl (C=O) groups excluding carboxylic acids is 1. The first-order chi connectivity index (χ1) is 10.2. The van der Waals surface area contributed by atoms with E-state index in [0.717, 1.165) is 10.4 Å². The normalized spacial score (nSPS) is 12.4. The van der Waals surface area contributed by atoms with Crippen LogP contribution in [0.5, 0.6) is 0 Å². The number of anilines is 1. The minimum Gasteiger partial charge on any atom is -0.397 e. The molecule has 0 saturated heterocycles. The molecule has 0 aromatic carbocycles. The fourth-order valence-corrected chi connectivity index (χ4v) is 3.59. The van der Waals surface area contributed by atoms with Crippen molar-refractivity contribution in [2.24, 2.45) is 0 Å². The van der Waals surface area contributed by atoms with Gasteiger partial charge in [-0.15, -0.1) is 27.8 Å². The standard InChI is InChI=1S/C13H13N5OS2/c1-7(12-15-4-5-20-12)6-16-11(19)10-9(14)8-2-3-17-18-13(8)21-10/h2-5,7H,6,14H2,1H3,(H,16,19). The van der Waals surface area contributed by atoms with Crippen LogP contribution in [0.3, 0.4) is 0 Å². The molecule has 0 aliphatic heterocycles. The highest BCUT2D eigenvalue weighted by molar-refractivity contribution is 7.21. The number of hydrogen-bond donors (Lipinski definition) is 2. The highest BCUT2D eigenvalue weighted by atomic mass is 32.1. The summed E-state index contributed by atoms with van der Waals surface area (Å²) in [5.74, 6) is -0.0109. The second-order valence-corrected chi connectivity index (χ2v) is 6.50. The van der Waals surface area contributed by atoms with Crippen LogP contribution in [0.2, 0.25) is 0 Å². The van der Waals surface area contributed by atoms with E-state index < -0.39 is 0 Å². The molecule has 3 aromatic rings. The van der Waals surface area contributed by atoms with Crippen LogP contribution in [-0.4, -0.2) is 27.6 Å². The number of aromatic nitrogens is 3. The van der Waals surface area contributed by atoms with Crippen LogP contribution in [0.1, 0.15) is 27.5 Å². The second-order valence-electron chi connectivity index (χ2n) is 4.58. The molecule has 3 rings (SSSR count). The fourth-order valence-electron chi connectivity index (χ4n) is 1.93. The zero-order valence-corrected chi connectivity index (χ0v) is 12.9. The molecule has 1 unspecified atom stereocenters. The van der Waals surface area contributed by atoms with Gasteiger partial charge in [0.25, 0.3) is 5.91 Å². The van der Waals surface area contributed by atoms with Gasteiger partial charge < -0.3 is 11.1 Å². The van der Waals surface area contributed by atoms with E-state index in [0.29, 0.717) is 21.9 Å². The van der Waals surface area contributed by atoms with Crippen molar-refractivity contribution in [1.82, 2.24) is 20.5 Å². The Hall–Kier alpha value is -2.06. The number of nitrogens with one attached hydrogen (secondary N) is 1. The van der Waals surface area contributed by atoms with Gasteiger partial charge in [0, 0.05) is 29.4 Å². The Kier molecular flexibility index (Phi) is 3.80. The third-order valence-electron chi connectivity index (χ3n) is 3.07. The summed E-state index contributed by atoms with van der Waals surface area (Å²) in [5, 5.41) is 14.4. The third-order valence-corrected chi connectivity index (χ3v) is 5.18. The molecule has 8 heteroatoms. The first-order valence-corrected chi connectivity index (χ1v) is 8.03. The quantitative estimate of drug-likeness (QED) is 0.769. The minimum atomic E-state index is -0.182. The molecule has 3 heterocycles. The van der Waals surface area contributed by atoms with Crippen LogP contribution in [0.15, 0.2) is 23.8 Å². The van der Waals surface area contributed by atoms with E-state index >= 15 is 0 Å². The molecule has 21 heavy (non-hydrogen) atoms. The smallest absolute Gasteiger partial charge is 0.263 e. The summed E-state index contributed by atoms with van der Waals surface area (Å²) in [4.78, 5) is 17.7. The molecule has 1 amide bonds. The Labute approximate surface area is 129 Å². The lowest BCUT2D eigenvalue weighted by molar-refractivity contribution is 0.0956. The number of fused-ring (bicyclic) bond motifs is 1. The number of amides is 1. The summed E-state index contributed by atoms with van der Waals surface area (Å²) in [7, 11) is 0. The molecule has 6 nitrogen and oxygen atoms in total. The summed E-state index contributed by atoms with van der Waals surface area (Å²) in [6, 6.07) is 1.77. The van der Waals surface area contributed by atoms with Crippen LogP contribution in [0.25, 0.3) is 10.2 Å².